The van der Waals surface area contributed by atoms with Gasteiger partial charge in [0.2, 0.25) is 0 Å². The fourth-order valence-corrected chi connectivity index (χ4v) is 3.97. The van der Waals surface area contributed by atoms with Gasteiger partial charge in [0.1, 0.15) is 0 Å². The van der Waals surface area contributed by atoms with Gasteiger partial charge in [0.15, 0.2) is 5.96 Å². The summed E-state index contributed by atoms with van der Waals surface area (Å²) in [6.45, 7) is 4.94. The predicted molar refractivity (Wildman–Crippen MR) is 120 cm³/mol. The number of benzene rings is 1. The van der Waals surface area contributed by atoms with Gasteiger partial charge in [0.05, 0.1) is 0 Å². The Labute approximate surface area is 177 Å². The highest BCUT2D eigenvalue weighted by molar-refractivity contribution is 14.0. The molecule has 1 aromatic heterocycles. The Morgan fingerprint density at radius 2 is 2.04 bits per heavy atom. The van der Waals surface area contributed by atoms with Crippen LogP contribution >= 0.6 is 35.7 Å². The Balaban J connectivity index is 0.00000243. The summed E-state index contributed by atoms with van der Waals surface area (Å²) in [4.78, 5) is 5.70. The Kier molecular flexibility index (Phi) is 8.27. The van der Waals surface area contributed by atoms with Crippen molar-refractivity contribution < 1.29 is 0 Å². The van der Waals surface area contributed by atoms with Crippen LogP contribution in [0.15, 0.2) is 58.7 Å². The van der Waals surface area contributed by atoms with E-state index in [1.807, 2.05) is 42.0 Å². The number of thioether (sulfide) groups is 1. The third kappa shape index (κ3) is 6.50. The molecule has 142 valence electrons. The van der Waals surface area contributed by atoms with Crippen molar-refractivity contribution in [1.82, 2.24) is 20.4 Å². The monoisotopic (exact) mass is 485 g/mol. The second-order valence-electron chi connectivity index (χ2n) is 6.74. The molecule has 1 atom stereocenters. The van der Waals surface area contributed by atoms with Crippen LogP contribution in [0, 0.1) is 5.92 Å². The average Bonchev–Trinajstić information content (AvgIpc) is 3.19. The molecule has 1 aliphatic rings. The van der Waals surface area contributed by atoms with Gasteiger partial charge in [-0.15, -0.1) is 35.7 Å². The van der Waals surface area contributed by atoms with Crippen LogP contribution in [0.4, 0.5) is 0 Å². The van der Waals surface area contributed by atoms with E-state index < -0.39 is 0 Å². The van der Waals surface area contributed by atoms with Crippen molar-refractivity contribution in [1.29, 1.82) is 0 Å². The molecule has 0 aliphatic heterocycles. The summed E-state index contributed by atoms with van der Waals surface area (Å²) >= 11 is 1.98. The standard InChI is InChI=1S/C19H27N5S.HI/c1-16(14-24-12-6-11-23-24)13-21-18(20-2)22-15-19(9-10-19)25-17-7-4-3-5-8-17;/h3-8,11-12,16H,9-10,13-15H2,1-2H3,(H2,20,21,22);1H. The lowest BCUT2D eigenvalue weighted by molar-refractivity contribution is 0.443. The summed E-state index contributed by atoms with van der Waals surface area (Å²) in [5.74, 6) is 1.36. The number of halogens is 1. The average molecular weight is 485 g/mol. The summed E-state index contributed by atoms with van der Waals surface area (Å²) in [6.07, 6.45) is 6.33. The number of rotatable bonds is 8. The molecule has 1 aliphatic carbocycles. The van der Waals surface area contributed by atoms with Crippen LogP contribution in [0.1, 0.15) is 19.8 Å². The maximum absolute atomic E-state index is 4.36. The van der Waals surface area contributed by atoms with Gasteiger partial charge < -0.3 is 10.6 Å². The zero-order valence-corrected chi connectivity index (χ0v) is 18.5. The molecule has 7 heteroatoms. The van der Waals surface area contributed by atoms with Gasteiger partial charge in [-0.05, 0) is 37.0 Å². The molecule has 0 bridgehead atoms. The molecule has 5 nitrogen and oxygen atoms in total. The molecule has 0 saturated heterocycles. The van der Waals surface area contributed by atoms with Gasteiger partial charge in [-0.25, -0.2) is 0 Å². The van der Waals surface area contributed by atoms with E-state index in [2.05, 4.69) is 58.0 Å². The highest BCUT2D eigenvalue weighted by atomic mass is 127. The Morgan fingerprint density at radius 3 is 2.65 bits per heavy atom. The molecule has 0 amide bonds. The van der Waals surface area contributed by atoms with E-state index in [9.17, 15) is 0 Å². The van der Waals surface area contributed by atoms with Crippen molar-refractivity contribution in [3.8, 4) is 0 Å². The first kappa shape index (κ1) is 21.1. The van der Waals surface area contributed by atoms with Crippen molar-refractivity contribution in [2.45, 2.75) is 36.0 Å². The summed E-state index contributed by atoms with van der Waals surface area (Å²) in [5, 5.41) is 11.2. The zero-order valence-electron chi connectivity index (χ0n) is 15.4. The number of aromatic nitrogens is 2. The summed E-state index contributed by atoms with van der Waals surface area (Å²) in [7, 11) is 1.83. The van der Waals surface area contributed by atoms with Crippen LogP contribution in [-0.4, -0.2) is 40.6 Å². The van der Waals surface area contributed by atoms with E-state index in [1.165, 1.54) is 17.7 Å². The van der Waals surface area contributed by atoms with Gasteiger partial charge in [0, 0.05) is 48.7 Å². The maximum Gasteiger partial charge on any atom is 0.191 e. The normalized spacial score (nSPS) is 16.5. The number of guanidine groups is 1. The number of nitrogens with one attached hydrogen (secondary N) is 2. The first-order chi connectivity index (χ1) is 12.2. The van der Waals surface area contributed by atoms with Crippen molar-refractivity contribution in [2.24, 2.45) is 10.9 Å². The van der Waals surface area contributed by atoms with Crippen molar-refractivity contribution in [2.75, 3.05) is 20.1 Å². The first-order valence-corrected chi connectivity index (χ1v) is 9.67. The summed E-state index contributed by atoms with van der Waals surface area (Å²) in [5.41, 5.74) is 0. The SMILES string of the molecule is CN=C(NCC(C)Cn1cccn1)NCC1(Sc2ccccc2)CC1.I. The fourth-order valence-electron chi connectivity index (χ4n) is 2.72. The van der Waals surface area contributed by atoms with Crippen molar-refractivity contribution in [3.63, 3.8) is 0 Å². The van der Waals surface area contributed by atoms with Gasteiger partial charge in [-0.1, -0.05) is 25.1 Å². The highest BCUT2D eigenvalue weighted by Crippen LogP contribution is 2.51. The minimum atomic E-state index is 0. The number of hydrogen-bond donors (Lipinski definition) is 2. The van der Waals surface area contributed by atoms with Crippen LogP contribution in [0.3, 0.4) is 0 Å². The Hall–Kier alpha value is -1.22. The molecule has 0 radical (unpaired) electrons. The van der Waals surface area contributed by atoms with Crippen LogP contribution in [0.25, 0.3) is 0 Å². The smallest absolute Gasteiger partial charge is 0.191 e. The van der Waals surface area contributed by atoms with Crippen molar-refractivity contribution in [3.05, 3.63) is 48.8 Å². The van der Waals surface area contributed by atoms with E-state index in [0.717, 1.165) is 25.6 Å². The lowest BCUT2D eigenvalue weighted by atomic mass is 10.2. The molecule has 1 unspecified atom stereocenters. The molecule has 0 spiro atoms. The third-order valence-corrected chi connectivity index (χ3v) is 5.86. The Morgan fingerprint density at radius 1 is 1.27 bits per heavy atom. The lowest BCUT2D eigenvalue weighted by Crippen LogP contribution is -2.43. The highest BCUT2D eigenvalue weighted by Gasteiger charge is 2.43. The molecule has 1 aromatic carbocycles. The topological polar surface area (TPSA) is 54.2 Å². The van der Waals surface area contributed by atoms with E-state index in [-0.39, 0.29) is 24.0 Å². The van der Waals surface area contributed by atoms with E-state index in [1.54, 1.807) is 0 Å². The molecule has 2 N–H and O–H groups in total. The molecular formula is C19H28IN5S. The molecule has 1 saturated carbocycles. The first-order valence-electron chi connectivity index (χ1n) is 8.85. The van der Waals surface area contributed by atoms with Crippen LogP contribution in [0.5, 0.6) is 0 Å². The zero-order chi connectivity index (χ0) is 17.5. The molecule has 1 fully saturated rings. The predicted octanol–water partition coefficient (Wildman–Crippen LogP) is 3.63. The number of aliphatic imine (C=N–C) groups is 1. The minimum Gasteiger partial charge on any atom is -0.356 e. The van der Waals surface area contributed by atoms with Gasteiger partial charge >= 0.3 is 0 Å². The van der Waals surface area contributed by atoms with Gasteiger partial charge in [-0.3, -0.25) is 9.67 Å². The molecule has 1 heterocycles. The largest absolute Gasteiger partial charge is 0.356 e. The van der Waals surface area contributed by atoms with Crippen LogP contribution in [0.2, 0.25) is 0 Å². The molecular weight excluding hydrogens is 457 g/mol. The fraction of sp³-hybridized carbons (Fsp3) is 0.474. The van der Waals surface area contributed by atoms with Gasteiger partial charge in [-0.2, -0.15) is 5.10 Å². The molecule has 3 rings (SSSR count). The number of hydrogen-bond acceptors (Lipinski definition) is 3. The quantitative estimate of drug-likeness (QED) is 0.341. The van der Waals surface area contributed by atoms with E-state index >= 15 is 0 Å². The van der Waals surface area contributed by atoms with E-state index in [4.69, 9.17) is 0 Å². The third-order valence-electron chi connectivity index (χ3n) is 4.36. The Bertz CT molecular complexity index is 671. The maximum atomic E-state index is 4.36. The van der Waals surface area contributed by atoms with Crippen molar-refractivity contribution >= 4 is 41.7 Å². The van der Waals surface area contributed by atoms with E-state index in [0.29, 0.717) is 10.7 Å². The molecule has 2 aromatic rings. The van der Waals surface area contributed by atoms with Gasteiger partial charge in [0.25, 0.3) is 0 Å². The second kappa shape index (κ2) is 10.2. The summed E-state index contributed by atoms with van der Waals surface area (Å²) in [6, 6.07) is 12.6. The van der Waals surface area contributed by atoms with Crippen LogP contribution < -0.4 is 10.6 Å². The summed E-state index contributed by atoms with van der Waals surface area (Å²) < 4.78 is 2.29. The minimum absolute atomic E-state index is 0. The lowest BCUT2D eigenvalue weighted by Gasteiger charge is -2.20. The van der Waals surface area contributed by atoms with Crippen LogP contribution in [-0.2, 0) is 6.54 Å². The second-order valence-corrected chi connectivity index (χ2v) is 8.28. The number of nitrogens with zero attached hydrogens (tertiary/aromatic N) is 3. The molecule has 26 heavy (non-hydrogen) atoms.